The van der Waals surface area contributed by atoms with E-state index in [0.717, 1.165) is 12.3 Å². The third-order valence-corrected chi connectivity index (χ3v) is 8.76. The normalized spacial score (nSPS) is 18.4. The van der Waals surface area contributed by atoms with E-state index in [1.807, 2.05) is 11.3 Å². The van der Waals surface area contributed by atoms with Gasteiger partial charge in [-0.25, -0.2) is 4.98 Å². The summed E-state index contributed by atoms with van der Waals surface area (Å²) in [6, 6.07) is 9.24. The van der Waals surface area contributed by atoms with Crippen molar-refractivity contribution >= 4 is 34.0 Å². The molecule has 2 aliphatic rings. The fraction of sp³-hybridized carbons (Fsp3) is 0.500. The first kappa shape index (κ1) is 20.9. The summed E-state index contributed by atoms with van der Waals surface area (Å²) in [6.07, 6.45) is 8.65. The molecule has 0 saturated carbocycles. The molecule has 0 N–H and O–H groups in total. The van der Waals surface area contributed by atoms with Crippen molar-refractivity contribution in [2.45, 2.75) is 72.6 Å². The predicted octanol–water partition coefficient (Wildman–Crippen LogP) is 7.72. The largest absolute Gasteiger partial charge is 0.242 e. The van der Waals surface area contributed by atoms with Crippen LogP contribution in [-0.4, -0.2) is 4.98 Å². The average Bonchev–Trinajstić information content (AvgIpc) is 3.27. The van der Waals surface area contributed by atoms with E-state index in [1.54, 1.807) is 16.0 Å². The van der Waals surface area contributed by atoms with Crippen molar-refractivity contribution in [1.29, 1.82) is 0 Å². The first-order valence-electron chi connectivity index (χ1n) is 11.0. The van der Waals surface area contributed by atoms with Crippen molar-refractivity contribution in [2.24, 2.45) is 11.3 Å². The van der Waals surface area contributed by atoms with E-state index in [0.29, 0.717) is 5.41 Å². The highest BCUT2D eigenvalue weighted by molar-refractivity contribution is 7.19. The minimum Gasteiger partial charge on any atom is -0.242 e. The summed E-state index contributed by atoms with van der Waals surface area (Å²) in [6.45, 7) is 9.46. The van der Waals surface area contributed by atoms with Gasteiger partial charge in [-0.3, -0.25) is 0 Å². The fourth-order valence-electron chi connectivity index (χ4n) is 5.29. The van der Waals surface area contributed by atoms with Gasteiger partial charge in [0.2, 0.25) is 0 Å². The molecular weight excluding hydrogens is 394 g/mol. The molecule has 0 bridgehead atoms. The van der Waals surface area contributed by atoms with Crippen molar-refractivity contribution in [3.8, 4) is 11.1 Å². The molecule has 1 unspecified atom stereocenters. The summed E-state index contributed by atoms with van der Waals surface area (Å²) in [5, 5.41) is 1.50. The van der Waals surface area contributed by atoms with Crippen LogP contribution in [0.3, 0.4) is 0 Å². The molecular formula is C26H32ClNS. The third kappa shape index (κ3) is 3.43. The van der Waals surface area contributed by atoms with Crippen LogP contribution in [0.4, 0.5) is 0 Å². The van der Waals surface area contributed by atoms with Crippen LogP contribution < -0.4 is 0 Å². The van der Waals surface area contributed by atoms with Gasteiger partial charge in [0.1, 0.15) is 4.83 Å². The lowest BCUT2D eigenvalue weighted by Crippen LogP contribution is -2.29. The van der Waals surface area contributed by atoms with E-state index in [-0.39, 0.29) is 12.4 Å². The maximum absolute atomic E-state index is 5.24. The second-order valence-electron chi connectivity index (χ2n) is 9.60. The Bertz CT molecular complexity index is 1040. The van der Waals surface area contributed by atoms with Crippen molar-refractivity contribution in [1.82, 2.24) is 4.98 Å². The number of hydrogen-bond acceptors (Lipinski definition) is 2. The molecule has 5 rings (SSSR count). The molecule has 1 nitrogen and oxygen atoms in total. The summed E-state index contributed by atoms with van der Waals surface area (Å²) in [5.74, 6) is 0.750. The Morgan fingerprint density at radius 1 is 1.07 bits per heavy atom. The molecule has 1 atom stereocenters. The van der Waals surface area contributed by atoms with E-state index < -0.39 is 0 Å². The number of halogens is 1. The smallest absolute Gasteiger partial charge is 0.124 e. The van der Waals surface area contributed by atoms with Gasteiger partial charge in [-0.1, -0.05) is 57.0 Å². The monoisotopic (exact) mass is 425 g/mol. The molecule has 0 fully saturated rings. The van der Waals surface area contributed by atoms with Crippen LogP contribution in [0.1, 0.15) is 67.3 Å². The average molecular weight is 426 g/mol. The summed E-state index contributed by atoms with van der Waals surface area (Å²) < 4.78 is 0. The van der Waals surface area contributed by atoms with Crippen molar-refractivity contribution < 1.29 is 0 Å². The van der Waals surface area contributed by atoms with E-state index in [1.165, 1.54) is 71.1 Å². The number of pyridine rings is 1. The maximum atomic E-state index is 5.24. The number of fused-ring (bicyclic) bond motifs is 4. The van der Waals surface area contributed by atoms with E-state index in [4.69, 9.17) is 4.98 Å². The first-order chi connectivity index (χ1) is 13.5. The standard InChI is InChI=1S/C26H31NS.ClH/c1-5-26(3,4)18-13-14-21-20(15-18)23(17-11-9-16(2)10-12-17)24-19-7-6-8-22(19)28-25(24)27-21;/h9-12,18H,5-8,13-15H2,1-4H3;1H. The Balaban J connectivity index is 0.00000205. The van der Waals surface area contributed by atoms with Gasteiger partial charge >= 0.3 is 0 Å². The second kappa shape index (κ2) is 7.71. The van der Waals surface area contributed by atoms with Gasteiger partial charge in [0.15, 0.2) is 0 Å². The number of rotatable bonds is 3. The summed E-state index contributed by atoms with van der Waals surface area (Å²) in [5.41, 5.74) is 9.21. The molecule has 0 spiro atoms. The van der Waals surface area contributed by atoms with E-state index >= 15 is 0 Å². The zero-order valence-electron chi connectivity index (χ0n) is 18.1. The van der Waals surface area contributed by atoms with Crippen LogP contribution in [0.25, 0.3) is 21.3 Å². The van der Waals surface area contributed by atoms with Crippen LogP contribution in [0.15, 0.2) is 24.3 Å². The summed E-state index contributed by atoms with van der Waals surface area (Å²) in [4.78, 5) is 8.14. The number of benzene rings is 1. The van der Waals surface area contributed by atoms with Gasteiger partial charge in [-0.05, 0) is 79.0 Å². The third-order valence-electron chi connectivity index (χ3n) is 7.58. The molecule has 29 heavy (non-hydrogen) atoms. The fourth-order valence-corrected chi connectivity index (χ4v) is 6.58. The van der Waals surface area contributed by atoms with Gasteiger partial charge in [0.25, 0.3) is 0 Å². The highest BCUT2D eigenvalue weighted by Gasteiger charge is 2.34. The lowest BCUT2D eigenvalue weighted by molar-refractivity contribution is 0.182. The molecule has 2 heterocycles. The molecule has 2 aromatic heterocycles. The molecule has 3 heteroatoms. The number of thiophene rings is 1. The zero-order chi connectivity index (χ0) is 19.5. The summed E-state index contributed by atoms with van der Waals surface area (Å²) in [7, 11) is 0. The zero-order valence-corrected chi connectivity index (χ0v) is 19.7. The molecule has 1 aromatic carbocycles. The molecule has 0 amide bonds. The molecule has 2 aliphatic carbocycles. The van der Waals surface area contributed by atoms with Crippen LogP contribution in [-0.2, 0) is 25.7 Å². The van der Waals surface area contributed by atoms with Crippen molar-refractivity contribution in [2.75, 3.05) is 0 Å². The molecule has 154 valence electrons. The number of aromatic nitrogens is 1. The predicted molar refractivity (Wildman–Crippen MR) is 129 cm³/mol. The lowest BCUT2D eigenvalue weighted by atomic mass is 9.68. The second-order valence-corrected chi connectivity index (χ2v) is 10.7. The minimum absolute atomic E-state index is 0. The molecule has 0 radical (unpaired) electrons. The lowest BCUT2D eigenvalue weighted by Gasteiger charge is -2.37. The van der Waals surface area contributed by atoms with Gasteiger partial charge < -0.3 is 0 Å². The summed E-state index contributed by atoms with van der Waals surface area (Å²) >= 11 is 1.97. The SMILES string of the molecule is CCC(C)(C)C1CCc2nc3sc4c(c3c(-c3ccc(C)cc3)c2C1)CCC4.Cl. The molecule has 0 aliphatic heterocycles. The van der Waals surface area contributed by atoms with Crippen molar-refractivity contribution in [3.63, 3.8) is 0 Å². The van der Waals surface area contributed by atoms with Gasteiger partial charge in [-0.2, -0.15) is 0 Å². The van der Waals surface area contributed by atoms with E-state index in [9.17, 15) is 0 Å². The Hall–Kier alpha value is -1.38. The minimum atomic E-state index is 0. The van der Waals surface area contributed by atoms with Crippen molar-refractivity contribution in [3.05, 3.63) is 51.5 Å². The van der Waals surface area contributed by atoms with Gasteiger partial charge in [0, 0.05) is 16.0 Å². The first-order valence-corrected chi connectivity index (χ1v) is 11.8. The Morgan fingerprint density at radius 3 is 2.55 bits per heavy atom. The van der Waals surface area contributed by atoms with Crippen LogP contribution in [0.5, 0.6) is 0 Å². The van der Waals surface area contributed by atoms with E-state index in [2.05, 4.69) is 52.0 Å². The van der Waals surface area contributed by atoms with Gasteiger partial charge in [-0.15, -0.1) is 23.7 Å². The molecule has 0 saturated heterocycles. The molecule has 3 aromatic rings. The number of aryl methyl sites for hydroxylation is 4. The van der Waals surface area contributed by atoms with Crippen LogP contribution in [0.2, 0.25) is 0 Å². The van der Waals surface area contributed by atoms with Crippen LogP contribution in [0, 0.1) is 18.3 Å². The Labute approximate surface area is 185 Å². The van der Waals surface area contributed by atoms with Crippen LogP contribution >= 0.6 is 23.7 Å². The highest BCUT2D eigenvalue weighted by Crippen LogP contribution is 2.48. The number of nitrogens with zero attached hydrogens (tertiary/aromatic N) is 1. The number of hydrogen-bond donors (Lipinski definition) is 0. The Morgan fingerprint density at radius 2 is 1.83 bits per heavy atom. The quantitative estimate of drug-likeness (QED) is 0.418. The Kier molecular flexibility index (Phi) is 5.55. The van der Waals surface area contributed by atoms with Gasteiger partial charge in [0.05, 0.1) is 0 Å². The topological polar surface area (TPSA) is 12.9 Å². The highest BCUT2D eigenvalue weighted by atomic mass is 35.5. The maximum Gasteiger partial charge on any atom is 0.124 e.